The molecule has 1 amide bonds. The lowest BCUT2D eigenvalue weighted by Crippen LogP contribution is -2.40. The van der Waals surface area contributed by atoms with Gasteiger partial charge < -0.3 is 5.32 Å². The Balaban J connectivity index is 2.74. The molecule has 1 fully saturated rings. The van der Waals surface area contributed by atoms with E-state index in [9.17, 15) is 18.0 Å². The summed E-state index contributed by atoms with van der Waals surface area (Å²) in [7, 11) is -4.16. The largest absolute Gasteiger partial charge is 0.345 e. The summed E-state index contributed by atoms with van der Waals surface area (Å²) in [6.45, 7) is 0. The van der Waals surface area contributed by atoms with Gasteiger partial charge in [0.05, 0.1) is 0 Å². The Morgan fingerprint density at radius 2 is 2.17 bits per heavy atom. The van der Waals surface area contributed by atoms with Crippen molar-refractivity contribution >= 4 is 21.0 Å². The van der Waals surface area contributed by atoms with Gasteiger partial charge in [0.25, 0.3) is 15.1 Å². The molecule has 7 heteroatoms. The second-order valence-corrected chi connectivity index (χ2v) is 4.02. The average molecular weight is 192 g/mol. The van der Waals surface area contributed by atoms with E-state index >= 15 is 0 Å². The molecule has 0 spiro atoms. The summed E-state index contributed by atoms with van der Waals surface area (Å²) in [5.41, 5.74) is 0. The van der Waals surface area contributed by atoms with Crippen LogP contribution in [0.1, 0.15) is 12.8 Å². The maximum absolute atomic E-state index is 10.9. The average Bonchev–Trinajstić information content (AvgIpc) is 2.32. The Hall–Kier alpha value is -0.950. The molecular formula is C5H8N2O4S. The van der Waals surface area contributed by atoms with Crippen molar-refractivity contribution in [3.05, 3.63) is 0 Å². The van der Waals surface area contributed by atoms with Crippen LogP contribution in [0.3, 0.4) is 0 Å². The fourth-order valence-corrected chi connectivity index (χ4v) is 1.56. The van der Waals surface area contributed by atoms with Crippen molar-refractivity contribution in [1.29, 1.82) is 0 Å². The van der Waals surface area contributed by atoms with Crippen molar-refractivity contribution in [2.45, 2.75) is 18.9 Å². The molecule has 1 rings (SSSR count). The topological polar surface area (TPSA) is 106 Å². The second-order valence-electron chi connectivity index (χ2n) is 2.52. The van der Waals surface area contributed by atoms with Crippen molar-refractivity contribution < 1.29 is 18.0 Å². The van der Waals surface area contributed by atoms with Gasteiger partial charge in [-0.1, -0.05) is 0 Å². The van der Waals surface area contributed by atoms with Gasteiger partial charge in [0.1, 0.15) is 6.04 Å². The Morgan fingerprint density at radius 3 is 2.50 bits per heavy atom. The monoisotopic (exact) mass is 192 g/mol. The van der Waals surface area contributed by atoms with E-state index in [1.807, 2.05) is 0 Å². The van der Waals surface area contributed by atoms with Crippen LogP contribution >= 0.6 is 0 Å². The normalized spacial score (nSPS) is 23.8. The maximum Gasteiger partial charge on any atom is 0.283 e. The first-order chi connectivity index (χ1) is 5.41. The summed E-state index contributed by atoms with van der Waals surface area (Å²) in [6, 6.07) is -0.951. The Labute approximate surface area is 69.2 Å². The summed E-state index contributed by atoms with van der Waals surface area (Å²) in [4.78, 5) is 21.5. The fourth-order valence-electron chi connectivity index (χ4n) is 0.989. The van der Waals surface area contributed by atoms with Crippen molar-refractivity contribution in [3.63, 3.8) is 0 Å². The van der Waals surface area contributed by atoms with E-state index in [-0.39, 0.29) is 18.7 Å². The van der Waals surface area contributed by atoms with Crippen molar-refractivity contribution in [1.82, 2.24) is 5.32 Å². The van der Waals surface area contributed by atoms with Gasteiger partial charge in [-0.2, -0.15) is 0 Å². The Kier molecular flexibility index (Phi) is 2.16. The van der Waals surface area contributed by atoms with Gasteiger partial charge in [-0.15, -0.1) is 0 Å². The first-order valence-corrected chi connectivity index (χ1v) is 4.82. The van der Waals surface area contributed by atoms with Gasteiger partial charge in [-0.25, -0.2) is 13.6 Å². The standard InChI is InChI=1S/C5H8N2O4S/c6-12(10,11)5(9)3-1-2-4(8)7-3/h3H,1-2H2,(H,7,8)(H2,6,10,11)/t3-/m0/s1. The number of hydrogen-bond donors (Lipinski definition) is 2. The predicted molar refractivity (Wildman–Crippen MR) is 39.3 cm³/mol. The minimum absolute atomic E-state index is 0.173. The number of sulfonamides is 1. The summed E-state index contributed by atoms with van der Waals surface area (Å²) in [5, 5.41) is 5.67. The van der Waals surface area contributed by atoms with E-state index in [1.165, 1.54) is 0 Å². The lowest BCUT2D eigenvalue weighted by molar-refractivity contribution is -0.121. The Morgan fingerprint density at radius 1 is 1.58 bits per heavy atom. The van der Waals surface area contributed by atoms with E-state index in [0.29, 0.717) is 0 Å². The molecule has 1 heterocycles. The molecule has 68 valence electrons. The zero-order chi connectivity index (χ0) is 9.35. The molecule has 3 N–H and O–H groups in total. The highest BCUT2D eigenvalue weighted by atomic mass is 32.2. The number of nitrogens with one attached hydrogen (secondary N) is 1. The molecule has 12 heavy (non-hydrogen) atoms. The highest BCUT2D eigenvalue weighted by Crippen LogP contribution is 2.08. The van der Waals surface area contributed by atoms with Crippen molar-refractivity contribution in [3.8, 4) is 0 Å². The lowest BCUT2D eigenvalue weighted by atomic mass is 10.2. The van der Waals surface area contributed by atoms with E-state index in [4.69, 9.17) is 0 Å². The molecular weight excluding hydrogens is 184 g/mol. The highest BCUT2D eigenvalue weighted by Gasteiger charge is 2.33. The van der Waals surface area contributed by atoms with Crippen LogP contribution < -0.4 is 10.5 Å². The number of carbonyl (C=O) groups is 2. The lowest BCUT2D eigenvalue weighted by Gasteiger charge is -2.04. The minimum Gasteiger partial charge on any atom is -0.345 e. The zero-order valence-corrected chi connectivity index (χ0v) is 6.93. The number of rotatable bonds is 1. The summed E-state index contributed by atoms with van der Waals surface area (Å²) >= 11 is 0. The van der Waals surface area contributed by atoms with Gasteiger partial charge in [0.15, 0.2) is 0 Å². The van der Waals surface area contributed by atoms with Crippen LogP contribution in [-0.2, 0) is 19.6 Å². The van der Waals surface area contributed by atoms with Crippen LogP contribution in [0, 0.1) is 0 Å². The first kappa shape index (κ1) is 9.14. The maximum atomic E-state index is 10.9. The molecule has 0 unspecified atom stereocenters. The van der Waals surface area contributed by atoms with Crippen LogP contribution in [0.25, 0.3) is 0 Å². The summed E-state index contributed by atoms with van der Waals surface area (Å²) in [6.07, 6.45) is 0.375. The third-order valence-corrected chi connectivity index (χ3v) is 2.41. The van der Waals surface area contributed by atoms with Crippen molar-refractivity contribution in [2.75, 3.05) is 0 Å². The Bertz CT molecular complexity index is 320. The third-order valence-electron chi connectivity index (χ3n) is 1.56. The van der Waals surface area contributed by atoms with Gasteiger partial charge in [-0.05, 0) is 6.42 Å². The van der Waals surface area contributed by atoms with Crippen LogP contribution in [-0.4, -0.2) is 25.5 Å². The summed E-state index contributed by atoms with van der Waals surface area (Å²) in [5.74, 6) is -0.322. The highest BCUT2D eigenvalue weighted by molar-refractivity contribution is 8.04. The molecule has 1 aliphatic rings. The molecule has 0 bridgehead atoms. The number of carbonyl (C=O) groups excluding carboxylic acids is 2. The quantitative estimate of drug-likeness (QED) is 0.505. The fraction of sp³-hybridized carbons (Fsp3) is 0.600. The minimum atomic E-state index is -4.16. The van der Waals surface area contributed by atoms with Gasteiger partial charge >= 0.3 is 0 Å². The smallest absolute Gasteiger partial charge is 0.283 e. The van der Waals surface area contributed by atoms with E-state index in [2.05, 4.69) is 10.5 Å². The number of primary sulfonamides is 1. The van der Waals surface area contributed by atoms with Crippen LogP contribution in [0.2, 0.25) is 0 Å². The molecule has 1 saturated heterocycles. The van der Waals surface area contributed by atoms with E-state index in [0.717, 1.165) is 0 Å². The molecule has 1 atom stereocenters. The number of nitrogens with two attached hydrogens (primary N) is 1. The van der Waals surface area contributed by atoms with E-state index in [1.54, 1.807) is 0 Å². The van der Waals surface area contributed by atoms with Crippen LogP contribution in [0.15, 0.2) is 0 Å². The van der Waals surface area contributed by atoms with Gasteiger partial charge in [0.2, 0.25) is 5.91 Å². The molecule has 0 radical (unpaired) electrons. The molecule has 0 aliphatic carbocycles. The van der Waals surface area contributed by atoms with Crippen LogP contribution in [0.5, 0.6) is 0 Å². The second kappa shape index (κ2) is 2.83. The molecule has 0 aromatic rings. The van der Waals surface area contributed by atoms with Gasteiger partial charge in [0, 0.05) is 6.42 Å². The number of hydrogen-bond acceptors (Lipinski definition) is 4. The van der Waals surface area contributed by atoms with Gasteiger partial charge in [-0.3, -0.25) is 9.59 Å². The number of amides is 1. The molecule has 0 aromatic carbocycles. The molecule has 0 saturated carbocycles. The SMILES string of the molecule is NS(=O)(=O)C(=O)[C@@H]1CCC(=O)N1. The van der Waals surface area contributed by atoms with Crippen molar-refractivity contribution in [2.24, 2.45) is 5.14 Å². The molecule has 6 nitrogen and oxygen atoms in total. The zero-order valence-electron chi connectivity index (χ0n) is 6.11. The van der Waals surface area contributed by atoms with E-state index < -0.39 is 21.2 Å². The molecule has 0 aromatic heterocycles. The predicted octanol–water partition coefficient (Wildman–Crippen LogP) is -1.92. The van der Waals surface area contributed by atoms with Crippen LogP contribution in [0.4, 0.5) is 0 Å². The first-order valence-electron chi connectivity index (χ1n) is 3.27. The third kappa shape index (κ3) is 1.80. The summed E-state index contributed by atoms with van der Waals surface area (Å²) < 4.78 is 21.0. The molecule has 1 aliphatic heterocycles.